The van der Waals surface area contributed by atoms with Crippen molar-refractivity contribution in [3.05, 3.63) is 0 Å². The van der Waals surface area contributed by atoms with Crippen LogP contribution in [0, 0.1) is 5.92 Å². The van der Waals surface area contributed by atoms with Crippen molar-refractivity contribution >= 4 is 23.7 Å². The van der Waals surface area contributed by atoms with Crippen LogP contribution in [0.4, 0.5) is 0 Å². The monoisotopic (exact) mass is 373 g/mol. The largest absolute Gasteiger partial charge is 0.480 e. The van der Waals surface area contributed by atoms with Crippen LogP contribution in [-0.4, -0.2) is 53.5 Å². The van der Waals surface area contributed by atoms with E-state index in [-0.39, 0.29) is 18.8 Å². The molecular weight excluding hydrogens is 342 g/mol. The van der Waals surface area contributed by atoms with E-state index < -0.39 is 41.8 Å². The number of rotatable bonds is 13. The molecule has 0 aromatic carbocycles. The van der Waals surface area contributed by atoms with E-state index in [1.807, 2.05) is 0 Å². The van der Waals surface area contributed by atoms with E-state index in [1.165, 1.54) is 0 Å². The standard InChI is InChI=1S/C16H31N5O5/c1-9(2)13(19)15(24)20-10(5-3-4-8-17)14(23)21-11(16(25)26)6-7-12(18)22/h9-11,13H,3-8,17,19H2,1-2H3,(H2,18,22)(H,20,24)(H,21,23)(H,25,26)/t10-,11-,13-/m0/s1. The molecule has 0 aromatic rings. The third kappa shape index (κ3) is 9.33. The Morgan fingerprint density at radius 3 is 2.00 bits per heavy atom. The molecule has 0 heterocycles. The Hall–Kier alpha value is -2.20. The van der Waals surface area contributed by atoms with Crippen LogP contribution in [0.15, 0.2) is 0 Å². The number of carboxylic acids is 1. The molecule has 3 atom stereocenters. The van der Waals surface area contributed by atoms with E-state index in [0.29, 0.717) is 25.8 Å². The summed E-state index contributed by atoms with van der Waals surface area (Å²) in [6, 6.07) is -3.00. The van der Waals surface area contributed by atoms with Crippen molar-refractivity contribution in [2.24, 2.45) is 23.1 Å². The zero-order valence-corrected chi connectivity index (χ0v) is 15.4. The van der Waals surface area contributed by atoms with Gasteiger partial charge in [0.2, 0.25) is 17.7 Å². The highest BCUT2D eigenvalue weighted by Gasteiger charge is 2.28. The topological polar surface area (TPSA) is 191 Å². The first-order chi connectivity index (χ1) is 12.1. The van der Waals surface area contributed by atoms with Gasteiger partial charge in [-0.2, -0.15) is 0 Å². The maximum Gasteiger partial charge on any atom is 0.326 e. The molecule has 0 aliphatic heterocycles. The number of hydrogen-bond acceptors (Lipinski definition) is 6. The molecule has 0 fully saturated rings. The zero-order chi connectivity index (χ0) is 20.3. The first-order valence-electron chi connectivity index (χ1n) is 8.67. The van der Waals surface area contributed by atoms with Crippen LogP contribution in [0.2, 0.25) is 0 Å². The highest BCUT2D eigenvalue weighted by atomic mass is 16.4. The van der Waals surface area contributed by atoms with Gasteiger partial charge in [-0.15, -0.1) is 0 Å². The van der Waals surface area contributed by atoms with Gasteiger partial charge in [0.05, 0.1) is 6.04 Å². The molecule has 0 radical (unpaired) electrons. The van der Waals surface area contributed by atoms with Crippen LogP contribution in [0.1, 0.15) is 46.0 Å². The van der Waals surface area contributed by atoms with E-state index in [9.17, 15) is 24.3 Å². The molecule has 0 saturated heterocycles. The lowest BCUT2D eigenvalue weighted by Gasteiger charge is -2.23. The summed E-state index contributed by atoms with van der Waals surface area (Å²) in [6.07, 6.45) is 1.21. The summed E-state index contributed by atoms with van der Waals surface area (Å²) in [4.78, 5) is 46.7. The van der Waals surface area contributed by atoms with Gasteiger partial charge in [0.1, 0.15) is 12.1 Å². The Balaban J connectivity index is 5.02. The summed E-state index contributed by atoms with van der Waals surface area (Å²) in [5.41, 5.74) is 16.2. The minimum absolute atomic E-state index is 0.120. The molecule has 10 heteroatoms. The predicted octanol–water partition coefficient (Wildman–Crippen LogP) is -1.58. The van der Waals surface area contributed by atoms with Crippen LogP contribution >= 0.6 is 0 Å². The number of aliphatic carboxylic acids is 1. The smallest absolute Gasteiger partial charge is 0.326 e. The van der Waals surface area contributed by atoms with Gasteiger partial charge in [-0.3, -0.25) is 14.4 Å². The van der Waals surface area contributed by atoms with Gasteiger partial charge in [0.15, 0.2) is 0 Å². The molecule has 0 aliphatic carbocycles. The number of nitrogens with one attached hydrogen (secondary N) is 2. The zero-order valence-electron chi connectivity index (χ0n) is 15.4. The maximum absolute atomic E-state index is 12.4. The lowest BCUT2D eigenvalue weighted by Crippen LogP contribution is -2.55. The van der Waals surface area contributed by atoms with Crippen molar-refractivity contribution in [3.63, 3.8) is 0 Å². The Morgan fingerprint density at radius 2 is 1.54 bits per heavy atom. The van der Waals surface area contributed by atoms with Gasteiger partial charge in [0, 0.05) is 6.42 Å². The minimum atomic E-state index is -1.29. The van der Waals surface area contributed by atoms with Crippen LogP contribution in [0.3, 0.4) is 0 Å². The van der Waals surface area contributed by atoms with Crippen LogP contribution < -0.4 is 27.8 Å². The van der Waals surface area contributed by atoms with Crippen molar-refractivity contribution < 1.29 is 24.3 Å². The third-order valence-corrected chi connectivity index (χ3v) is 3.89. The molecule has 0 unspecified atom stereocenters. The van der Waals surface area contributed by atoms with Gasteiger partial charge >= 0.3 is 5.97 Å². The van der Waals surface area contributed by atoms with Gasteiger partial charge in [-0.05, 0) is 38.1 Å². The van der Waals surface area contributed by atoms with Crippen LogP contribution in [-0.2, 0) is 19.2 Å². The van der Waals surface area contributed by atoms with Crippen molar-refractivity contribution in [2.45, 2.75) is 64.1 Å². The molecule has 9 N–H and O–H groups in total. The van der Waals surface area contributed by atoms with Gasteiger partial charge < -0.3 is 32.9 Å². The summed E-state index contributed by atoms with van der Waals surface area (Å²) in [7, 11) is 0. The molecule has 0 spiro atoms. The molecule has 0 aromatic heterocycles. The lowest BCUT2D eigenvalue weighted by molar-refractivity contribution is -0.142. The fourth-order valence-electron chi connectivity index (χ4n) is 2.15. The van der Waals surface area contributed by atoms with E-state index in [0.717, 1.165) is 0 Å². The quantitative estimate of drug-likeness (QED) is 0.210. The van der Waals surface area contributed by atoms with E-state index in [4.69, 9.17) is 17.2 Å². The number of hydrogen-bond donors (Lipinski definition) is 6. The highest BCUT2D eigenvalue weighted by Crippen LogP contribution is 2.06. The van der Waals surface area contributed by atoms with Crippen molar-refractivity contribution in [1.82, 2.24) is 10.6 Å². The number of carbonyl (C=O) groups is 4. The number of nitrogens with two attached hydrogens (primary N) is 3. The first kappa shape index (κ1) is 23.8. The normalized spacial score (nSPS) is 14.3. The van der Waals surface area contributed by atoms with Crippen LogP contribution in [0.5, 0.6) is 0 Å². The van der Waals surface area contributed by atoms with Gasteiger partial charge in [-0.1, -0.05) is 13.8 Å². The first-order valence-corrected chi connectivity index (χ1v) is 8.67. The molecule has 3 amide bonds. The summed E-state index contributed by atoms with van der Waals surface area (Å²) >= 11 is 0. The highest BCUT2D eigenvalue weighted by molar-refractivity contribution is 5.92. The average molecular weight is 373 g/mol. The number of amides is 3. The predicted molar refractivity (Wildman–Crippen MR) is 95.6 cm³/mol. The molecular formula is C16H31N5O5. The fraction of sp³-hybridized carbons (Fsp3) is 0.750. The third-order valence-electron chi connectivity index (χ3n) is 3.89. The Morgan fingerprint density at radius 1 is 0.962 bits per heavy atom. The van der Waals surface area contributed by atoms with Crippen molar-refractivity contribution in [3.8, 4) is 0 Å². The summed E-state index contributed by atoms with van der Waals surface area (Å²) in [6.45, 7) is 3.99. The Labute approximate surface area is 153 Å². The number of unbranched alkanes of at least 4 members (excludes halogenated alkanes) is 1. The second-order valence-corrected chi connectivity index (χ2v) is 6.52. The van der Waals surface area contributed by atoms with Gasteiger partial charge in [0.25, 0.3) is 0 Å². The van der Waals surface area contributed by atoms with Gasteiger partial charge in [-0.25, -0.2) is 4.79 Å². The maximum atomic E-state index is 12.4. The molecule has 26 heavy (non-hydrogen) atoms. The Kier molecular flexibility index (Phi) is 11.2. The number of carboxylic acid groups (broad SMARTS) is 1. The van der Waals surface area contributed by atoms with Crippen LogP contribution in [0.25, 0.3) is 0 Å². The molecule has 0 saturated carbocycles. The Bertz CT molecular complexity index is 497. The molecule has 0 bridgehead atoms. The fourth-order valence-corrected chi connectivity index (χ4v) is 2.15. The average Bonchev–Trinajstić information content (AvgIpc) is 2.56. The van der Waals surface area contributed by atoms with E-state index in [2.05, 4.69) is 10.6 Å². The molecule has 0 rings (SSSR count). The second kappa shape index (κ2) is 12.2. The molecule has 10 nitrogen and oxygen atoms in total. The summed E-state index contributed by atoms with van der Waals surface area (Å²) in [5, 5.41) is 14.1. The van der Waals surface area contributed by atoms with E-state index >= 15 is 0 Å². The second-order valence-electron chi connectivity index (χ2n) is 6.52. The summed E-state index contributed by atoms with van der Waals surface area (Å²) < 4.78 is 0. The number of carbonyl (C=O) groups excluding carboxylic acids is 3. The lowest BCUT2D eigenvalue weighted by atomic mass is 10.0. The van der Waals surface area contributed by atoms with Crippen molar-refractivity contribution in [2.75, 3.05) is 6.54 Å². The minimum Gasteiger partial charge on any atom is -0.480 e. The molecule has 0 aliphatic rings. The number of primary amides is 1. The van der Waals surface area contributed by atoms with Crippen molar-refractivity contribution in [1.29, 1.82) is 0 Å². The summed E-state index contributed by atoms with van der Waals surface area (Å²) in [5.74, 6) is -3.21. The SMILES string of the molecule is CC(C)[C@H](N)C(=O)N[C@@H](CCCCN)C(=O)N[C@@H](CCC(N)=O)C(=O)O. The van der Waals surface area contributed by atoms with E-state index in [1.54, 1.807) is 13.8 Å². The molecule has 150 valence electrons.